The maximum atomic E-state index is 13.8. The standard InChI is InChI=1S/C30H36N2O3S/c1-5-28(26-15-14-24-8-6-7-9-25(24)19-26)31-30(33)20-32(29-18-22(3)10-13-23(29)4)36(34,35)27-16-11-21(2)12-17-27/h10-19,28H,5-9,20H2,1-4H3,(H,31,33)/t28-/m1/s1. The minimum absolute atomic E-state index is 0.170. The van der Waals surface area contributed by atoms with E-state index in [-0.39, 0.29) is 23.4 Å². The van der Waals surface area contributed by atoms with E-state index in [1.807, 2.05) is 45.9 Å². The lowest BCUT2D eigenvalue weighted by Crippen LogP contribution is -2.42. The minimum Gasteiger partial charge on any atom is -0.348 e. The van der Waals surface area contributed by atoms with E-state index < -0.39 is 10.0 Å². The summed E-state index contributed by atoms with van der Waals surface area (Å²) in [5.74, 6) is -0.323. The molecule has 3 aromatic carbocycles. The van der Waals surface area contributed by atoms with E-state index in [9.17, 15) is 13.2 Å². The van der Waals surface area contributed by atoms with Crippen molar-refractivity contribution < 1.29 is 13.2 Å². The van der Waals surface area contributed by atoms with Crippen LogP contribution < -0.4 is 9.62 Å². The Balaban J connectivity index is 1.63. The van der Waals surface area contributed by atoms with Crippen molar-refractivity contribution in [2.24, 2.45) is 0 Å². The van der Waals surface area contributed by atoms with Crippen LogP contribution >= 0.6 is 0 Å². The molecule has 0 radical (unpaired) electrons. The predicted octanol–water partition coefficient (Wildman–Crippen LogP) is 5.95. The van der Waals surface area contributed by atoms with Crippen molar-refractivity contribution in [3.8, 4) is 0 Å². The van der Waals surface area contributed by atoms with Gasteiger partial charge in [-0.05, 0) is 98.9 Å². The van der Waals surface area contributed by atoms with Gasteiger partial charge in [-0.2, -0.15) is 0 Å². The summed E-state index contributed by atoms with van der Waals surface area (Å²) in [7, 11) is -3.95. The predicted molar refractivity (Wildman–Crippen MR) is 146 cm³/mol. The Bertz CT molecular complexity index is 1350. The van der Waals surface area contributed by atoms with Crippen LogP contribution in [0.1, 0.15) is 65.6 Å². The van der Waals surface area contributed by atoms with Crippen molar-refractivity contribution in [3.63, 3.8) is 0 Å². The topological polar surface area (TPSA) is 66.5 Å². The number of carbonyl (C=O) groups is 1. The van der Waals surface area contributed by atoms with Gasteiger partial charge in [-0.3, -0.25) is 9.10 Å². The second-order valence-electron chi connectivity index (χ2n) is 9.88. The third-order valence-electron chi connectivity index (χ3n) is 7.05. The average molecular weight is 505 g/mol. The molecule has 190 valence electrons. The molecule has 1 amide bonds. The SMILES string of the molecule is CC[C@@H](NC(=O)CN(c1cc(C)ccc1C)S(=O)(=O)c1ccc(C)cc1)c1ccc2c(c1)CCCC2. The molecule has 0 heterocycles. The lowest BCUT2D eigenvalue weighted by molar-refractivity contribution is -0.120. The van der Waals surface area contributed by atoms with Crippen molar-refractivity contribution in [2.45, 2.75) is 70.7 Å². The lowest BCUT2D eigenvalue weighted by atomic mass is 9.89. The van der Waals surface area contributed by atoms with Crippen LogP contribution in [-0.4, -0.2) is 20.9 Å². The molecule has 0 saturated carbocycles. The molecule has 4 rings (SSSR count). The van der Waals surface area contributed by atoms with E-state index >= 15 is 0 Å². The molecule has 0 fully saturated rings. The van der Waals surface area contributed by atoms with E-state index in [1.54, 1.807) is 24.3 Å². The van der Waals surface area contributed by atoms with Gasteiger partial charge in [0.1, 0.15) is 6.54 Å². The molecule has 0 bridgehead atoms. The largest absolute Gasteiger partial charge is 0.348 e. The Labute approximate surface area is 215 Å². The average Bonchev–Trinajstić information content (AvgIpc) is 2.87. The Morgan fingerprint density at radius 2 is 1.56 bits per heavy atom. The molecule has 1 aliphatic carbocycles. The van der Waals surface area contributed by atoms with Gasteiger partial charge in [0.15, 0.2) is 0 Å². The smallest absolute Gasteiger partial charge is 0.264 e. The number of nitrogens with one attached hydrogen (secondary N) is 1. The van der Waals surface area contributed by atoms with Crippen LogP contribution in [-0.2, 0) is 27.7 Å². The zero-order valence-corrected chi connectivity index (χ0v) is 22.5. The van der Waals surface area contributed by atoms with Crippen LogP contribution in [0.3, 0.4) is 0 Å². The number of nitrogens with zero attached hydrogens (tertiary/aromatic N) is 1. The highest BCUT2D eigenvalue weighted by Gasteiger charge is 2.29. The van der Waals surface area contributed by atoms with Crippen molar-refractivity contribution in [3.05, 3.63) is 94.0 Å². The number of anilines is 1. The van der Waals surface area contributed by atoms with Crippen LogP contribution in [0.5, 0.6) is 0 Å². The van der Waals surface area contributed by atoms with E-state index in [2.05, 4.69) is 23.5 Å². The van der Waals surface area contributed by atoms with Crippen LogP contribution in [0.2, 0.25) is 0 Å². The zero-order chi connectivity index (χ0) is 25.9. The number of carbonyl (C=O) groups excluding carboxylic acids is 1. The molecule has 5 nitrogen and oxygen atoms in total. The third kappa shape index (κ3) is 5.65. The Hall–Kier alpha value is -3.12. The van der Waals surface area contributed by atoms with Gasteiger partial charge in [0.05, 0.1) is 16.6 Å². The first kappa shape index (κ1) is 26.0. The van der Waals surface area contributed by atoms with Gasteiger partial charge in [-0.15, -0.1) is 0 Å². The molecule has 0 aliphatic heterocycles. The van der Waals surface area contributed by atoms with Crippen molar-refractivity contribution in [1.82, 2.24) is 5.32 Å². The molecule has 1 aliphatic rings. The van der Waals surface area contributed by atoms with Gasteiger partial charge in [0.2, 0.25) is 5.91 Å². The first-order valence-electron chi connectivity index (χ1n) is 12.8. The van der Waals surface area contributed by atoms with Crippen LogP contribution in [0.25, 0.3) is 0 Å². The summed E-state index contributed by atoms with van der Waals surface area (Å²) in [5, 5.41) is 3.11. The van der Waals surface area contributed by atoms with Crippen LogP contribution in [0, 0.1) is 20.8 Å². The summed E-state index contributed by atoms with van der Waals surface area (Å²) in [4.78, 5) is 13.5. The number of sulfonamides is 1. The highest BCUT2D eigenvalue weighted by atomic mass is 32.2. The fraction of sp³-hybridized carbons (Fsp3) is 0.367. The van der Waals surface area contributed by atoms with Crippen molar-refractivity contribution in [1.29, 1.82) is 0 Å². The molecule has 3 aromatic rings. The van der Waals surface area contributed by atoms with Gasteiger partial charge in [0.25, 0.3) is 10.0 Å². The van der Waals surface area contributed by atoms with Gasteiger partial charge in [0, 0.05) is 0 Å². The van der Waals surface area contributed by atoms with Crippen molar-refractivity contribution in [2.75, 3.05) is 10.8 Å². The molecular weight excluding hydrogens is 468 g/mol. The Kier molecular flexibility index (Phi) is 7.84. The van der Waals surface area contributed by atoms with Gasteiger partial charge >= 0.3 is 0 Å². The number of rotatable bonds is 8. The number of aryl methyl sites for hydroxylation is 5. The molecule has 1 atom stereocenters. The first-order chi connectivity index (χ1) is 17.2. The number of hydrogen-bond acceptors (Lipinski definition) is 3. The molecule has 36 heavy (non-hydrogen) atoms. The van der Waals surface area contributed by atoms with Gasteiger partial charge < -0.3 is 5.32 Å². The Morgan fingerprint density at radius 3 is 2.25 bits per heavy atom. The number of amides is 1. The quantitative estimate of drug-likeness (QED) is 0.412. The molecule has 1 N–H and O–H groups in total. The maximum absolute atomic E-state index is 13.8. The molecule has 0 unspecified atom stereocenters. The number of benzene rings is 3. The fourth-order valence-electron chi connectivity index (χ4n) is 4.89. The maximum Gasteiger partial charge on any atom is 0.264 e. The van der Waals surface area contributed by atoms with Gasteiger partial charge in [-0.25, -0.2) is 8.42 Å². The Morgan fingerprint density at radius 1 is 0.889 bits per heavy atom. The second kappa shape index (κ2) is 10.9. The van der Waals surface area contributed by atoms with Crippen LogP contribution in [0.4, 0.5) is 5.69 Å². The van der Waals surface area contributed by atoms with Crippen LogP contribution in [0.15, 0.2) is 65.6 Å². The molecular formula is C30H36N2O3S. The van der Waals surface area contributed by atoms with E-state index in [4.69, 9.17) is 0 Å². The summed E-state index contributed by atoms with van der Waals surface area (Å²) in [6.07, 6.45) is 5.33. The van der Waals surface area contributed by atoms with E-state index in [0.717, 1.165) is 41.5 Å². The van der Waals surface area contributed by atoms with E-state index in [1.165, 1.54) is 28.3 Å². The molecule has 0 saturated heterocycles. The lowest BCUT2D eigenvalue weighted by Gasteiger charge is -2.27. The molecule has 0 spiro atoms. The highest BCUT2D eigenvalue weighted by molar-refractivity contribution is 7.92. The minimum atomic E-state index is -3.95. The normalized spacial score (nSPS) is 14.1. The van der Waals surface area contributed by atoms with Gasteiger partial charge in [-0.1, -0.05) is 55.0 Å². The highest BCUT2D eigenvalue weighted by Crippen LogP contribution is 2.29. The monoisotopic (exact) mass is 504 g/mol. The molecule has 0 aromatic heterocycles. The third-order valence-corrected chi connectivity index (χ3v) is 8.82. The first-order valence-corrected chi connectivity index (χ1v) is 14.2. The molecule has 6 heteroatoms. The number of hydrogen-bond donors (Lipinski definition) is 1. The zero-order valence-electron chi connectivity index (χ0n) is 21.7. The summed E-state index contributed by atoms with van der Waals surface area (Å²) >= 11 is 0. The second-order valence-corrected chi connectivity index (χ2v) is 11.7. The van der Waals surface area contributed by atoms with E-state index in [0.29, 0.717) is 5.69 Å². The summed E-state index contributed by atoms with van der Waals surface area (Å²) in [6, 6.07) is 18.7. The summed E-state index contributed by atoms with van der Waals surface area (Å²) in [5.41, 5.74) is 7.06. The summed E-state index contributed by atoms with van der Waals surface area (Å²) < 4.78 is 28.8. The summed E-state index contributed by atoms with van der Waals surface area (Å²) in [6.45, 7) is 7.45. The fourth-order valence-corrected chi connectivity index (χ4v) is 6.36. The number of fused-ring (bicyclic) bond motifs is 1. The van der Waals surface area contributed by atoms with Crippen molar-refractivity contribution >= 4 is 21.6 Å².